The zero-order valence-corrected chi connectivity index (χ0v) is 24.1. The summed E-state index contributed by atoms with van der Waals surface area (Å²) >= 11 is 0. The maximum Gasteiger partial charge on any atom is 0.471 e. The summed E-state index contributed by atoms with van der Waals surface area (Å²) in [5.74, 6) is -2.57. The molecule has 1 aliphatic carbocycles. The summed E-state index contributed by atoms with van der Waals surface area (Å²) < 4.78 is 92.3. The number of rotatable bonds is 6. The van der Waals surface area contributed by atoms with Crippen molar-refractivity contribution >= 4 is 17.6 Å². The number of alkyl halides is 6. The van der Waals surface area contributed by atoms with Crippen molar-refractivity contribution in [2.75, 3.05) is 38.3 Å². The smallest absolute Gasteiger partial charge is 0.389 e. The Balaban J connectivity index is 1.38. The molecule has 4 aliphatic rings. The number of anilines is 1. The van der Waals surface area contributed by atoms with Gasteiger partial charge in [0.2, 0.25) is 5.91 Å². The number of likely N-dealkylation sites (tertiary alicyclic amines) is 1. The van der Waals surface area contributed by atoms with Crippen LogP contribution in [0, 0.1) is 11.3 Å². The number of hydrogen-bond donors (Lipinski definition) is 1. The quantitative estimate of drug-likeness (QED) is 0.487. The molecule has 1 aromatic rings. The minimum absolute atomic E-state index is 0.00198. The Hall–Kier alpha value is -2.65. The predicted molar refractivity (Wildman–Crippen MR) is 140 cm³/mol. The number of aromatic nitrogens is 1. The van der Waals surface area contributed by atoms with E-state index in [0.717, 1.165) is 23.2 Å². The van der Waals surface area contributed by atoms with Gasteiger partial charge in [-0.25, -0.2) is 4.98 Å². The molecular formula is C28H36F6N4O5. The van der Waals surface area contributed by atoms with Crippen LogP contribution in [0.5, 0.6) is 0 Å². The number of nitrogens with zero attached hydrogens (tertiary/aromatic N) is 4. The van der Waals surface area contributed by atoms with Crippen molar-refractivity contribution in [3.8, 4) is 0 Å². The molecule has 1 N–H and O–H groups in total. The number of halogens is 6. The molecule has 15 heteroatoms. The second-order valence-electron chi connectivity index (χ2n) is 12.3. The lowest BCUT2D eigenvalue weighted by molar-refractivity contribution is -0.197. The van der Waals surface area contributed by atoms with Crippen LogP contribution in [0.3, 0.4) is 0 Å². The molecule has 3 saturated heterocycles. The molecule has 2 bridgehead atoms. The summed E-state index contributed by atoms with van der Waals surface area (Å²) in [4.78, 5) is 35.1. The number of aliphatic hydroxyl groups excluding tert-OH is 1. The molecule has 4 heterocycles. The van der Waals surface area contributed by atoms with E-state index in [1.165, 1.54) is 12.0 Å². The average Bonchev–Trinajstić information content (AvgIpc) is 3.63. The molecule has 3 aliphatic heterocycles. The van der Waals surface area contributed by atoms with Crippen LogP contribution in [-0.2, 0) is 25.2 Å². The Morgan fingerprint density at radius 3 is 2.47 bits per heavy atom. The number of piperazine rings is 1. The van der Waals surface area contributed by atoms with E-state index in [4.69, 9.17) is 9.47 Å². The molecule has 1 aromatic heterocycles. The van der Waals surface area contributed by atoms with Gasteiger partial charge in [-0.1, -0.05) is 13.8 Å². The monoisotopic (exact) mass is 622 g/mol. The first-order valence-electron chi connectivity index (χ1n) is 14.4. The van der Waals surface area contributed by atoms with Crippen LogP contribution in [0.2, 0.25) is 0 Å². The number of ether oxygens (including phenoxy) is 2. The number of fused-ring (bicyclic) bond motifs is 2. The first-order valence-corrected chi connectivity index (χ1v) is 14.4. The molecular weight excluding hydrogens is 586 g/mol. The molecule has 5 rings (SSSR count). The van der Waals surface area contributed by atoms with E-state index >= 15 is 0 Å². The Morgan fingerprint density at radius 2 is 1.88 bits per heavy atom. The van der Waals surface area contributed by atoms with Gasteiger partial charge in [0, 0.05) is 39.0 Å². The third-order valence-corrected chi connectivity index (χ3v) is 9.84. The van der Waals surface area contributed by atoms with Gasteiger partial charge in [-0.3, -0.25) is 9.59 Å². The third kappa shape index (κ3) is 5.56. The third-order valence-electron chi connectivity index (χ3n) is 9.84. The van der Waals surface area contributed by atoms with Crippen LogP contribution in [0.25, 0.3) is 0 Å². The van der Waals surface area contributed by atoms with Gasteiger partial charge in [-0.2, -0.15) is 26.3 Å². The number of methoxy groups -OCH3 is 1. The van der Waals surface area contributed by atoms with Crippen LogP contribution in [0.1, 0.15) is 45.1 Å². The highest BCUT2D eigenvalue weighted by atomic mass is 19.4. The Labute approximate surface area is 245 Å². The van der Waals surface area contributed by atoms with Crippen LogP contribution >= 0.6 is 0 Å². The van der Waals surface area contributed by atoms with Gasteiger partial charge >= 0.3 is 18.3 Å². The van der Waals surface area contributed by atoms with E-state index in [-0.39, 0.29) is 69.6 Å². The fourth-order valence-corrected chi connectivity index (χ4v) is 7.48. The molecule has 0 unspecified atom stereocenters. The zero-order chi connectivity index (χ0) is 31.5. The number of amides is 2. The summed E-state index contributed by atoms with van der Waals surface area (Å²) in [6.07, 6.45) is -9.89. The molecule has 0 aromatic carbocycles. The van der Waals surface area contributed by atoms with Crippen molar-refractivity contribution < 1.29 is 50.5 Å². The molecule has 0 radical (unpaired) electrons. The van der Waals surface area contributed by atoms with E-state index in [1.807, 2.05) is 13.8 Å². The van der Waals surface area contributed by atoms with E-state index in [9.17, 15) is 41.0 Å². The van der Waals surface area contributed by atoms with Crippen LogP contribution in [0.15, 0.2) is 18.3 Å². The van der Waals surface area contributed by atoms with Gasteiger partial charge < -0.3 is 29.3 Å². The maximum atomic E-state index is 14.3. The first-order chi connectivity index (χ1) is 20.1. The highest BCUT2D eigenvalue weighted by molar-refractivity contribution is 5.86. The summed E-state index contributed by atoms with van der Waals surface area (Å²) in [5, 5.41) is 11.0. The maximum absolute atomic E-state index is 14.3. The Morgan fingerprint density at radius 1 is 1.16 bits per heavy atom. The molecule has 0 spiro atoms. The van der Waals surface area contributed by atoms with Gasteiger partial charge in [0.05, 0.1) is 41.8 Å². The number of carbonyl (C=O) groups excluding carboxylic acids is 2. The number of pyridine rings is 1. The summed E-state index contributed by atoms with van der Waals surface area (Å²) in [6, 6.07) is -1.42. The largest absolute Gasteiger partial charge is 0.471 e. The van der Waals surface area contributed by atoms with Crippen molar-refractivity contribution in [1.29, 1.82) is 0 Å². The van der Waals surface area contributed by atoms with E-state index in [1.54, 1.807) is 4.90 Å². The van der Waals surface area contributed by atoms with Gasteiger partial charge in [0.15, 0.2) is 0 Å². The minimum atomic E-state index is -5.12. The summed E-state index contributed by atoms with van der Waals surface area (Å²) in [7, 11) is 1.35. The SMILES string of the molecule is CO[C@@H]1COCC[C@@H]1N(C(=O)C(F)(F)F)[C@@H]1CC[C@@](C(=O)N2C[C@@H]3[C@@H](O)[C@H]2CN3c2cc(C(F)(F)F)ccn2)(C(C)C)C1. The molecule has 2 amide bonds. The minimum Gasteiger partial charge on any atom is -0.389 e. The predicted octanol–water partition coefficient (Wildman–Crippen LogP) is 3.25. The Bertz CT molecular complexity index is 1210. The average molecular weight is 623 g/mol. The fourth-order valence-electron chi connectivity index (χ4n) is 7.48. The molecule has 4 fully saturated rings. The fraction of sp³-hybridized carbons (Fsp3) is 0.750. The van der Waals surface area contributed by atoms with Gasteiger partial charge in [0.25, 0.3) is 0 Å². The summed E-state index contributed by atoms with van der Waals surface area (Å²) in [5.41, 5.74) is -1.98. The number of hydrogen-bond acceptors (Lipinski definition) is 7. The van der Waals surface area contributed by atoms with Crippen LogP contribution in [-0.4, -0.2) is 108 Å². The van der Waals surface area contributed by atoms with Gasteiger partial charge in [-0.05, 0) is 43.7 Å². The molecule has 1 saturated carbocycles. The van der Waals surface area contributed by atoms with Crippen molar-refractivity contribution in [1.82, 2.24) is 14.8 Å². The Kier molecular flexibility index (Phi) is 8.40. The van der Waals surface area contributed by atoms with Crippen molar-refractivity contribution in [2.24, 2.45) is 11.3 Å². The lowest BCUT2D eigenvalue weighted by atomic mass is 9.74. The molecule has 7 atom stereocenters. The van der Waals surface area contributed by atoms with E-state index in [0.29, 0.717) is 0 Å². The number of carbonyl (C=O) groups is 2. The van der Waals surface area contributed by atoms with Crippen molar-refractivity contribution in [3.05, 3.63) is 23.9 Å². The first kappa shape index (κ1) is 31.8. The highest BCUT2D eigenvalue weighted by Crippen LogP contribution is 2.50. The normalized spacial score (nSPS) is 33.0. The summed E-state index contributed by atoms with van der Waals surface area (Å²) in [6.45, 7) is 3.91. The van der Waals surface area contributed by atoms with Crippen molar-refractivity contribution in [3.63, 3.8) is 0 Å². The molecule has 9 nitrogen and oxygen atoms in total. The van der Waals surface area contributed by atoms with E-state index in [2.05, 4.69) is 4.98 Å². The topological polar surface area (TPSA) is 95.4 Å². The van der Waals surface area contributed by atoms with Gasteiger partial charge in [-0.15, -0.1) is 0 Å². The lowest BCUT2D eigenvalue weighted by Gasteiger charge is -2.44. The number of aliphatic hydroxyl groups is 1. The highest BCUT2D eigenvalue weighted by Gasteiger charge is 2.60. The second kappa shape index (κ2) is 11.4. The van der Waals surface area contributed by atoms with E-state index < -0.39 is 65.6 Å². The standard InChI is InChI=1S/C28H36F6N4O5/c1-15(2)26(7-4-17(11-26)38(25(41)28(32,33)34)18-6-9-43-14-21(18)42-3)24(40)37-13-19-23(39)20(37)12-36(19)22-10-16(5-8-35-22)27(29,30)31/h5,8,10,15,17-21,23,39H,4,6-7,9,11-14H2,1-3H3/t17-,18+,19-,20-,21-,23-,26+/m1/s1. The molecule has 43 heavy (non-hydrogen) atoms. The van der Waals surface area contributed by atoms with Gasteiger partial charge in [0.1, 0.15) is 11.9 Å². The van der Waals surface area contributed by atoms with Crippen LogP contribution < -0.4 is 4.90 Å². The zero-order valence-electron chi connectivity index (χ0n) is 24.1. The van der Waals surface area contributed by atoms with Crippen molar-refractivity contribution in [2.45, 2.75) is 88.3 Å². The van der Waals surface area contributed by atoms with Crippen LogP contribution in [0.4, 0.5) is 32.2 Å². The second-order valence-corrected chi connectivity index (χ2v) is 12.3. The lowest BCUT2D eigenvalue weighted by Crippen LogP contribution is -2.59. The molecule has 240 valence electrons.